The van der Waals surface area contributed by atoms with Crippen LogP contribution in [0.4, 0.5) is 0 Å². The van der Waals surface area contributed by atoms with Gasteiger partial charge < -0.3 is 52.0 Å². The van der Waals surface area contributed by atoms with E-state index in [1.54, 1.807) is 115 Å². The number of fused-ring (bicyclic) bond motifs is 6. The number of thioether (sulfide) groups is 2. The van der Waals surface area contributed by atoms with Gasteiger partial charge >= 0.3 is 11.9 Å². The minimum absolute atomic E-state index is 0.204. The Kier molecular flexibility index (Phi) is 24.1. The summed E-state index contributed by atoms with van der Waals surface area (Å²) in [5.74, 6) is -5.77. The molecule has 0 aromatic carbocycles. The standard InChI is InChI=1S/C48H74N8O12S4/c1-23(2)35-43(61)49-31-21-69-27(9)39(55-41(31)59)45(63)53-37(25(5)6)47(65)67-29(19-33(57)51-35)15-11-13-17-71-72-18-14-12-16-30-20-34(58)52-36(24(3)4)44(62)50-32-22-70-28(10)40(56-42(32)60)46(64)54-38(26(7)8)48(66)68-30/h11-12,15-16,23-32,35-40H,13-14,17-22H2,1-10H3,(H,49,61)(H,50,62)(H,51,57)(H,52,58)(H,53,63)(H,54,64)(H,55,59)(H,56,60)/b15-11+,16-12+/t27?,28?,29-,30-,31+,32+,35+,36?,37-,38-,39?,40?/m0/s1. The van der Waals surface area contributed by atoms with Crippen LogP contribution in [0.3, 0.4) is 0 Å². The Labute approximate surface area is 439 Å². The number of hydrogen-bond donors (Lipinski definition) is 8. The molecule has 4 rings (SSSR count). The first-order valence-corrected chi connectivity index (χ1v) is 29.2. The zero-order valence-electron chi connectivity index (χ0n) is 42.7. The van der Waals surface area contributed by atoms with Crippen LogP contribution < -0.4 is 42.5 Å². The van der Waals surface area contributed by atoms with Crippen LogP contribution in [0.2, 0.25) is 0 Å². The van der Waals surface area contributed by atoms with Crippen LogP contribution in [0.25, 0.3) is 0 Å². The fourth-order valence-electron chi connectivity index (χ4n) is 7.85. The lowest BCUT2D eigenvalue weighted by Crippen LogP contribution is -2.59. The van der Waals surface area contributed by atoms with E-state index in [9.17, 15) is 47.9 Å². The maximum absolute atomic E-state index is 13.7. The molecular weight excluding hydrogens is 1010 g/mol. The zero-order valence-corrected chi connectivity index (χ0v) is 46.0. The molecule has 24 heteroatoms. The summed E-state index contributed by atoms with van der Waals surface area (Å²) < 4.78 is 11.7. The predicted molar refractivity (Wildman–Crippen MR) is 280 cm³/mol. The van der Waals surface area contributed by atoms with Gasteiger partial charge in [0, 0.05) is 33.5 Å². The Bertz CT molecular complexity index is 1900. The van der Waals surface area contributed by atoms with Crippen LogP contribution in [-0.4, -0.2) is 153 Å². The molecule has 402 valence electrons. The molecule has 0 aromatic rings. The molecule has 20 nitrogen and oxygen atoms in total. The van der Waals surface area contributed by atoms with Crippen LogP contribution in [0.5, 0.6) is 0 Å². The Morgan fingerprint density at radius 2 is 0.819 bits per heavy atom. The Morgan fingerprint density at radius 1 is 0.472 bits per heavy atom. The summed E-state index contributed by atoms with van der Waals surface area (Å²) in [6.45, 7) is 17.6. The number of hydrogen-bond acceptors (Lipinski definition) is 16. The van der Waals surface area contributed by atoms with Crippen molar-refractivity contribution in [3.8, 4) is 0 Å². The second-order valence-electron chi connectivity index (χ2n) is 19.6. The highest BCUT2D eigenvalue weighted by Crippen LogP contribution is 2.25. The van der Waals surface area contributed by atoms with Gasteiger partial charge in [0.1, 0.15) is 60.5 Å². The topological polar surface area (TPSA) is 285 Å². The van der Waals surface area contributed by atoms with Gasteiger partial charge in [0.15, 0.2) is 0 Å². The minimum Gasteiger partial charge on any atom is -0.456 e. The van der Waals surface area contributed by atoms with Crippen molar-refractivity contribution in [1.82, 2.24) is 42.5 Å². The molecule has 4 aliphatic rings. The van der Waals surface area contributed by atoms with Crippen molar-refractivity contribution in [2.75, 3.05) is 23.0 Å². The van der Waals surface area contributed by atoms with Crippen molar-refractivity contribution >= 4 is 104 Å². The Morgan fingerprint density at radius 3 is 1.15 bits per heavy atom. The molecule has 8 amide bonds. The Balaban J connectivity index is 1.40. The maximum Gasteiger partial charge on any atom is 0.329 e. The zero-order chi connectivity index (χ0) is 53.4. The number of allylic oxidation sites excluding steroid dienone is 2. The molecule has 72 heavy (non-hydrogen) atoms. The van der Waals surface area contributed by atoms with Crippen LogP contribution >= 0.6 is 45.1 Å². The van der Waals surface area contributed by atoms with Crippen molar-refractivity contribution in [2.45, 2.75) is 166 Å². The molecule has 4 fully saturated rings. The van der Waals surface area contributed by atoms with Crippen LogP contribution in [0.15, 0.2) is 24.3 Å². The number of rotatable bonds is 13. The first kappa shape index (κ1) is 60.1. The third kappa shape index (κ3) is 18.2. The normalized spacial score (nSPS) is 31.3. The van der Waals surface area contributed by atoms with Crippen LogP contribution in [-0.2, 0) is 57.4 Å². The molecule has 0 saturated carbocycles. The summed E-state index contributed by atoms with van der Waals surface area (Å²) in [4.78, 5) is 135. The SMILES string of the molecule is CC(C)C1NC(=O)C[C@H](/C=C/CCSSCC/C=C/[C@H]2CC(=O)N[C@H](C(C)C)C(=O)N[C@@H]3CSC(C)C(NC3=O)C(=O)N[C@@H](C(C)C)C(=O)O2)OC(=O)[C@H](C(C)C)NC(=O)C2NC(=O)[C@@H](CSC2C)NC1=O. The summed E-state index contributed by atoms with van der Waals surface area (Å²) >= 11 is 2.65. The van der Waals surface area contributed by atoms with Crippen LogP contribution in [0.1, 0.15) is 94.9 Å². The largest absolute Gasteiger partial charge is 0.456 e. The molecule has 4 aliphatic heterocycles. The van der Waals surface area contributed by atoms with E-state index in [-0.39, 0.29) is 46.7 Å². The summed E-state index contributed by atoms with van der Waals surface area (Å²) in [5.41, 5.74) is 0. The average Bonchev–Trinajstić information content (AvgIpc) is 3.53. The number of esters is 2. The van der Waals surface area contributed by atoms with Gasteiger partial charge in [0.2, 0.25) is 47.3 Å². The first-order chi connectivity index (χ1) is 34.0. The van der Waals surface area contributed by atoms with E-state index in [4.69, 9.17) is 9.47 Å². The van der Waals surface area contributed by atoms with E-state index in [2.05, 4.69) is 42.5 Å². The molecular formula is C48H74N8O12S4. The number of carbonyl (C=O) groups is 10. The number of nitrogens with one attached hydrogen (secondary N) is 8. The van der Waals surface area contributed by atoms with E-state index in [0.717, 1.165) is 0 Å². The predicted octanol–water partition coefficient (Wildman–Crippen LogP) is 1.66. The number of amides is 8. The van der Waals surface area contributed by atoms with Gasteiger partial charge in [-0.1, -0.05) is 103 Å². The molecule has 5 unspecified atom stereocenters. The first-order valence-electron chi connectivity index (χ1n) is 24.6. The Hall–Kier alpha value is -4.42. The molecule has 8 N–H and O–H groups in total. The molecule has 0 spiro atoms. The second-order valence-corrected chi connectivity index (χ2v) is 25.2. The van der Waals surface area contributed by atoms with Gasteiger partial charge in [-0.15, -0.1) is 0 Å². The van der Waals surface area contributed by atoms with Crippen molar-refractivity contribution < 1.29 is 57.4 Å². The van der Waals surface area contributed by atoms with E-state index >= 15 is 0 Å². The summed E-state index contributed by atoms with van der Waals surface area (Å²) in [7, 11) is 3.14. The smallest absolute Gasteiger partial charge is 0.329 e. The third-order valence-corrected chi connectivity index (χ3v) is 17.3. The monoisotopic (exact) mass is 1080 g/mol. The third-order valence-electron chi connectivity index (χ3n) is 12.2. The highest BCUT2D eigenvalue weighted by Gasteiger charge is 2.41. The van der Waals surface area contributed by atoms with Crippen molar-refractivity contribution in [2.24, 2.45) is 23.7 Å². The van der Waals surface area contributed by atoms with Gasteiger partial charge in [-0.2, -0.15) is 23.5 Å². The summed E-state index contributed by atoms with van der Waals surface area (Å²) in [6.07, 6.45) is 5.22. The lowest BCUT2D eigenvalue weighted by molar-refractivity contribution is -0.154. The molecule has 0 aliphatic carbocycles. The van der Waals surface area contributed by atoms with Crippen molar-refractivity contribution in [1.29, 1.82) is 0 Å². The van der Waals surface area contributed by atoms with E-state index in [1.165, 1.54) is 23.5 Å². The van der Waals surface area contributed by atoms with Gasteiger partial charge in [-0.25, -0.2) is 9.59 Å². The quantitative estimate of drug-likeness (QED) is 0.0564. The maximum atomic E-state index is 13.7. The molecule has 4 heterocycles. The van der Waals surface area contributed by atoms with Gasteiger partial charge in [-0.3, -0.25) is 38.4 Å². The average molecular weight is 1080 g/mol. The molecule has 4 saturated heterocycles. The van der Waals surface area contributed by atoms with Gasteiger partial charge in [0.05, 0.1) is 12.8 Å². The van der Waals surface area contributed by atoms with Gasteiger partial charge in [0.25, 0.3) is 0 Å². The number of cyclic esters (lactones) is 2. The second kappa shape index (κ2) is 28.9. The minimum atomic E-state index is -1.08. The molecule has 12 atom stereocenters. The van der Waals surface area contributed by atoms with E-state index < -0.39 is 132 Å². The molecule has 0 aromatic heterocycles. The summed E-state index contributed by atoms with van der Waals surface area (Å²) in [5, 5.41) is 21.2. The highest BCUT2D eigenvalue weighted by molar-refractivity contribution is 8.76. The van der Waals surface area contributed by atoms with Crippen molar-refractivity contribution in [3.05, 3.63) is 24.3 Å². The fourth-order valence-corrected chi connectivity index (χ4v) is 12.1. The fraction of sp³-hybridized carbons (Fsp3) is 0.708. The van der Waals surface area contributed by atoms with Crippen molar-refractivity contribution in [3.63, 3.8) is 0 Å². The number of ether oxygens (including phenoxy) is 2. The molecule has 0 radical (unpaired) electrons. The van der Waals surface area contributed by atoms with E-state index in [0.29, 0.717) is 24.3 Å². The van der Waals surface area contributed by atoms with Crippen LogP contribution in [0, 0.1) is 23.7 Å². The number of carbonyl (C=O) groups excluding carboxylic acids is 10. The lowest BCUT2D eigenvalue weighted by atomic mass is 10.0. The molecule has 4 bridgehead atoms. The van der Waals surface area contributed by atoms with Gasteiger partial charge in [-0.05, 0) is 48.7 Å². The summed E-state index contributed by atoms with van der Waals surface area (Å²) in [6, 6.07) is -8.02. The highest BCUT2D eigenvalue weighted by atomic mass is 33.1. The van der Waals surface area contributed by atoms with E-state index in [1.807, 2.05) is 0 Å². The lowest BCUT2D eigenvalue weighted by Gasteiger charge is -2.28.